The molecule has 1 amide bonds. The third kappa shape index (κ3) is 4.54. The highest BCUT2D eigenvalue weighted by Crippen LogP contribution is 2.21. The number of ether oxygens (including phenoxy) is 1. The molecule has 1 aromatic carbocycles. The molecule has 0 radical (unpaired) electrons. The quantitative estimate of drug-likeness (QED) is 0.798. The zero-order valence-corrected chi connectivity index (χ0v) is 14.6. The van der Waals surface area contributed by atoms with Crippen LogP contribution < -0.4 is 0 Å². The lowest BCUT2D eigenvalue weighted by molar-refractivity contribution is 0.0671. The van der Waals surface area contributed by atoms with Gasteiger partial charge < -0.3 is 9.64 Å². The summed E-state index contributed by atoms with van der Waals surface area (Å²) in [7, 11) is -1.88. The van der Waals surface area contributed by atoms with E-state index in [1.807, 2.05) is 4.90 Å². The number of carbonyl (C=O) groups excluding carboxylic acids is 1. The van der Waals surface area contributed by atoms with Crippen LogP contribution in [0.5, 0.6) is 0 Å². The number of hydrogen-bond acceptors (Lipinski definition) is 4. The molecule has 128 valence electrons. The minimum absolute atomic E-state index is 0.0102. The largest absolute Gasteiger partial charge is 0.384 e. The van der Waals surface area contributed by atoms with E-state index in [1.165, 1.54) is 25.7 Å². The summed E-state index contributed by atoms with van der Waals surface area (Å²) in [6.45, 7) is 3.89. The van der Waals surface area contributed by atoms with Gasteiger partial charge in [-0.15, -0.1) is 0 Å². The maximum Gasteiger partial charge on any atom is 0.253 e. The van der Waals surface area contributed by atoms with Gasteiger partial charge >= 0.3 is 0 Å². The van der Waals surface area contributed by atoms with E-state index in [0.717, 1.165) is 25.9 Å². The molecule has 5 nitrogen and oxygen atoms in total. The molecule has 1 aromatic rings. The summed E-state index contributed by atoms with van der Waals surface area (Å²) < 4.78 is 29.0. The summed E-state index contributed by atoms with van der Waals surface area (Å²) in [5, 5.41) is 0. The van der Waals surface area contributed by atoms with Crippen LogP contribution in [0, 0.1) is 5.92 Å². The van der Waals surface area contributed by atoms with Crippen molar-refractivity contribution >= 4 is 15.7 Å². The van der Waals surface area contributed by atoms with Crippen LogP contribution in [-0.4, -0.2) is 51.8 Å². The molecule has 0 N–H and O–H groups in total. The molecule has 1 fully saturated rings. The van der Waals surface area contributed by atoms with E-state index in [9.17, 15) is 13.2 Å². The lowest BCUT2D eigenvalue weighted by Gasteiger charge is -2.32. The van der Waals surface area contributed by atoms with E-state index in [2.05, 4.69) is 6.92 Å². The molecule has 6 heteroatoms. The van der Waals surface area contributed by atoms with E-state index in [0.29, 0.717) is 11.5 Å². The van der Waals surface area contributed by atoms with Crippen molar-refractivity contribution in [2.45, 2.75) is 31.1 Å². The van der Waals surface area contributed by atoms with Gasteiger partial charge in [-0.25, -0.2) is 8.42 Å². The van der Waals surface area contributed by atoms with Crippen LogP contribution in [-0.2, 0) is 14.6 Å². The Morgan fingerprint density at radius 1 is 1.30 bits per heavy atom. The summed E-state index contributed by atoms with van der Waals surface area (Å²) in [6.07, 6.45) is 3.30. The summed E-state index contributed by atoms with van der Waals surface area (Å²) in [5.41, 5.74) is 0.549. The highest BCUT2D eigenvalue weighted by atomic mass is 32.2. The molecule has 0 saturated carbocycles. The van der Waals surface area contributed by atoms with Crippen LogP contribution in [0.25, 0.3) is 0 Å². The molecule has 1 aliphatic heterocycles. The molecule has 1 unspecified atom stereocenters. The van der Waals surface area contributed by atoms with E-state index < -0.39 is 9.84 Å². The minimum Gasteiger partial charge on any atom is -0.384 e. The van der Waals surface area contributed by atoms with Crippen molar-refractivity contribution in [3.63, 3.8) is 0 Å². The SMILES string of the molecule is CCC1CCCN(C(=O)c2ccc(S(=O)(=O)CCOC)cc2)C1. The van der Waals surface area contributed by atoms with Gasteiger partial charge in [0.1, 0.15) is 0 Å². The number of piperidine rings is 1. The average Bonchev–Trinajstić information content (AvgIpc) is 2.59. The molecule has 0 aromatic heterocycles. The first-order valence-corrected chi connectivity index (χ1v) is 9.74. The number of hydrogen-bond donors (Lipinski definition) is 0. The Labute approximate surface area is 138 Å². The fraction of sp³-hybridized carbons (Fsp3) is 0.588. The zero-order valence-electron chi connectivity index (χ0n) is 13.8. The summed E-state index contributed by atoms with van der Waals surface area (Å²) >= 11 is 0. The van der Waals surface area contributed by atoms with Crippen molar-refractivity contribution < 1.29 is 17.9 Å². The molecule has 2 rings (SSSR count). The van der Waals surface area contributed by atoms with E-state index in [4.69, 9.17) is 4.74 Å². The van der Waals surface area contributed by atoms with E-state index >= 15 is 0 Å². The number of nitrogens with zero attached hydrogens (tertiary/aromatic N) is 1. The molecule has 0 bridgehead atoms. The first-order valence-electron chi connectivity index (χ1n) is 8.09. The maximum atomic E-state index is 12.6. The van der Waals surface area contributed by atoms with Gasteiger partial charge in [-0.3, -0.25) is 4.79 Å². The number of likely N-dealkylation sites (tertiary alicyclic amines) is 1. The highest BCUT2D eigenvalue weighted by molar-refractivity contribution is 7.91. The molecule has 1 saturated heterocycles. The topological polar surface area (TPSA) is 63.7 Å². The summed E-state index contributed by atoms with van der Waals surface area (Å²) in [6, 6.07) is 6.24. The maximum absolute atomic E-state index is 12.6. The average molecular weight is 339 g/mol. The number of methoxy groups -OCH3 is 1. The van der Waals surface area contributed by atoms with Gasteiger partial charge in [-0.1, -0.05) is 13.3 Å². The third-order valence-corrected chi connectivity index (χ3v) is 6.09. The molecule has 23 heavy (non-hydrogen) atoms. The highest BCUT2D eigenvalue weighted by Gasteiger charge is 2.24. The van der Waals surface area contributed by atoms with Crippen molar-refractivity contribution in [2.75, 3.05) is 32.6 Å². The second-order valence-corrected chi connectivity index (χ2v) is 8.11. The van der Waals surface area contributed by atoms with E-state index in [1.54, 1.807) is 12.1 Å². The molecule has 0 aliphatic carbocycles. The first-order chi connectivity index (χ1) is 11.0. The van der Waals surface area contributed by atoms with Crippen molar-refractivity contribution in [1.29, 1.82) is 0 Å². The van der Waals surface area contributed by atoms with Gasteiger partial charge in [0, 0.05) is 25.8 Å². The van der Waals surface area contributed by atoms with Gasteiger partial charge in [0.15, 0.2) is 9.84 Å². The summed E-state index contributed by atoms with van der Waals surface area (Å²) in [5.74, 6) is 0.506. The minimum atomic E-state index is -3.35. The fourth-order valence-corrected chi connectivity index (χ4v) is 4.05. The number of benzene rings is 1. The van der Waals surface area contributed by atoms with Gasteiger partial charge in [0.2, 0.25) is 0 Å². The lowest BCUT2D eigenvalue weighted by atomic mass is 9.95. The molecular formula is C17H25NO4S. The first kappa shape index (κ1) is 17.9. The molecule has 0 spiro atoms. The van der Waals surface area contributed by atoms with Gasteiger partial charge in [0.25, 0.3) is 5.91 Å². The Morgan fingerprint density at radius 2 is 2.00 bits per heavy atom. The Kier molecular flexibility index (Phi) is 6.18. The second kappa shape index (κ2) is 7.93. The fourth-order valence-electron chi connectivity index (χ4n) is 2.88. The number of carbonyl (C=O) groups is 1. The normalized spacial score (nSPS) is 18.9. The standard InChI is InChI=1S/C17H25NO4S/c1-3-14-5-4-10-18(13-14)17(19)15-6-8-16(9-7-15)23(20,21)12-11-22-2/h6-9,14H,3-5,10-13H2,1-2H3. The van der Waals surface area contributed by atoms with Crippen LogP contribution in [0.2, 0.25) is 0 Å². The molecular weight excluding hydrogens is 314 g/mol. The van der Waals surface area contributed by atoms with Crippen LogP contribution >= 0.6 is 0 Å². The monoisotopic (exact) mass is 339 g/mol. The Hall–Kier alpha value is -1.40. The predicted molar refractivity (Wildman–Crippen MR) is 89.3 cm³/mol. The van der Waals surface area contributed by atoms with Crippen molar-refractivity contribution in [2.24, 2.45) is 5.92 Å². The van der Waals surface area contributed by atoms with Crippen LogP contribution in [0.15, 0.2) is 29.2 Å². The van der Waals surface area contributed by atoms with Crippen LogP contribution in [0.4, 0.5) is 0 Å². The van der Waals surface area contributed by atoms with Crippen molar-refractivity contribution in [3.05, 3.63) is 29.8 Å². The number of amides is 1. The number of sulfone groups is 1. The lowest BCUT2D eigenvalue weighted by Crippen LogP contribution is -2.39. The third-order valence-electron chi connectivity index (χ3n) is 4.40. The van der Waals surface area contributed by atoms with Crippen LogP contribution in [0.1, 0.15) is 36.5 Å². The molecule has 1 aliphatic rings. The van der Waals surface area contributed by atoms with Crippen molar-refractivity contribution in [3.8, 4) is 0 Å². The Balaban J connectivity index is 2.08. The molecule has 1 atom stereocenters. The van der Waals surface area contributed by atoms with Gasteiger partial charge in [0.05, 0.1) is 17.3 Å². The molecule has 1 heterocycles. The Bertz CT molecular complexity index is 624. The van der Waals surface area contributed by atoms with Gasteiger partial charge in [-0.05, 0) is 43.0 Å². The smallest absolute Gasteiger partial charge is 0.253 e. The summed E-state index contributed by atoms with van der Waals surface area (Å²) in [4.78, 5) is 14.7. The second-order valence-electron chi connectivity index (χ2n) is 6.00. The zero-order chi connectivity index (χ0) is 16.9. The number of rotatable bonds is 6. The van der Waals surface area contributed by atoms with Crippen LogP contribution in [0.3, 0.4) is 0 Å². The van der Waals surface area contributed by atoms with E-state index in [-0.39, 0.29) is 23.2 Å². The Morgan fingerprint density at radius 3 is 2.61 bits per heavy atom. The van der Waals surface area contributed by atoms with Gasteiger partial charge in [-0.2, -0.15) is 0 Å². The van der Waals surface area contributed by atoms with Crippen molar-refractivity contribution in [1.82, 2.24) is 4.90 Å². The predicted octanol–water partition coefficient (Wildman–Crippen LogP) is 2.37.